The van der Waals surface area contributed by atoms with Crippen molar-refractivity contribution in [1.82, 2.24) is 14.7 Å². The lowest BCUT2D eigenvalue weighted by molar-refractivity contribution is 0.0738. The molecule has 4 rings (SSSR count). The van der Waals surface area contributed by atoms with Crippen molar-refractivity contribution in [2.75, 3.05) is 39.3 Å². The molecular weight excluding hydrogens is 401 g/mol. The highest BCUT2D eigenvalue weighted by molar-refractivity contribution is 7.12. The zero-order valence-electron chi connectivity index (χ0n) is 15.1. The monoisotopic (exact) mass is 423 g/mol. The quantitative estimate of drug-likeness (QED) is 0.740. The molecule has 144 valence electrons. The van der Waals surface area contributed by atoms with Gasteiger partial charge in [0, 0.05) is 56.9 Å². The molecule has 0 bridgehead atoms. The van der Waals surface area contributed by atoms with Crippen molar-refractivity contribution >= 4 is 40.4 Å². The molecule has 2 aliphatic heterocycles. The molecule has 4 nitrogen and oxygen atoms in total. The number of halogens is 2. The van der Waals surface area contributed by atoms with Crippen LogP contribution in [0.4, 0.5) is 0 Å². The average molecular weight is 424 g/mol. The lowest BCUT2D eigenvalue weighted by Crippen LogP contribution is -2.50. The summed E-state index contributed by atoms with van der Waals surface area (Å²) in [6.45, 7) is 6.83. The van der Waals surface area contributed by atoms with Gasteiger partial charge >= 0.3 is 0 Å². The van der Waals surface area contributed by atoms with Crippen molar-refractivity contribution in [3.8, 4) is 0 Å². The molecule has 1 amide bonds. The first-order valence-electron chi connectivity index (χ1n) is 9.33. The predicted octanol–water partition coefficient (Wildman–Crippen LogP) is 4.09. The first-order chi connectivity index (χ1) is 13.1. The summed E-state index contributed by atoms with van der Waals surface area (Å²) in [7, 11) is 0. The number of amides is 1. The van der Waals surface area contributed by atoms with Crippen LogP contribution in [0.3, 0.4) is 0 Å². The first kappa shape index (κ1) is 19.2. The van der Waals surface area contributed by atoms with Gasteiger partial charge in [-0.05, 0) is 35.6 Å². The molecule has 0 N–H and O–H groups in total. The summed E-state index contributed by atoms with van der Waals surface area (Å²) in [5.41, 5.74) is 1.30. The molecule has 1 aromatic heterocycles. The summed E-state index contributed by atoms with van der Waals surface area (Å²) in [5, 5.41) is 3.24. The van der Waals surface area contributed by atoms with Crippen molar-refractivity contribution in [3.63, 3.8) is 0 Å². The smallest absolute Gasteiger partial charge is 0.265 e. The highest BCUT2D eigenvalue weighted by atomic mass is 35.5. The van der Waals surface area contributed by atoms with E-state index in [2.05, 4.69) is 21.9 Å². The third-order valence-corrected chi connectivity index (χ3v) is 7.09. The van der Waals surface area contributed by atoms with Gasteiger partial charge in [0.15, 0.2) is 0 Å². The summed E-state index contributed by atoms with van der Waals surface area (Å²) in [5.74, 6) is 0.0823. The largest absolute Gasteiger partial charge is 0.336 e. The number of nitrogens with zero attached hydrogens (tertiary/aromatic N) is 3. The molecule has 27 heavy (non-hydrogen) atoms. The van der Waals surface area contributed by atoms with Gasteiger partial charge in [-0.3, -0.25) is 14.6 Å². The number of rotatable bonds is 4. The molecule has 0 radical (unpaired) electrons. The molecule has 2 saturated heterocycles. The summed E-state index contributed by atoms with van der Waals surface area (Å²) in [4.78, 5) is 20.3. The Morgan fingerprint density at radius 1 is 1.04 bits per heavy atom. The number of likely N-dealkylation sites (tertiary alicyclic amines) is 1. The molecule has 1 atom stereocenters. The highest BCUT2D eigenvalue weighted by Gasteiger charge is 2.33. The fourth-order valence-corrected chi connectivity index (χ4v) is 5.18. The Kier molecular flexibility index (Phi) is 6.05. The van der Waals surface area contributed by atoms with E-state index in [0.717, 1.165) is 57.3 Å². The standard InChI is InChI=1S/C20H23Cl2N3OS/c21-16-3-1-15(2-4-16)13-23-8-10-24(11-9-23)17-5-7-25(14-17)20(26)19-18(22)6-12-27-19/h1-4,6,12,17H,5,7-11,13-14H2. The van der Waals surface area contributed by atoms with E-state index in [0.29, 0.717) is 15.9 Å². The number of thiophene rings is 1. The van der Waals surface area contributed by atoms with Crippen LogP contribution in [0.2, 0.25) is 10.0 Å². The minimum atomic E-state index is 0.0823. The van der Waals surface area contributed by atoms with Crippen molar-refractivity contribution in [2.45, 2.75) is 19.0 Å². The molecule has 2 aliphatic rings. The molecule has 0 spiro atoms. The van der Waals surface area contributed by atoms with Crippen LogP contribution >= 0.6 is 34.5 Å². The van der Waals surface area contributed by atoms with E-state index in [1.807, 2.05) is 22.4 Å². The van der Waals surface area contributed by atoms with E-state index >= 15 is 0 Å². The number of carbonyl (C=O) groups is 1. The van der Waals surface area contributed by atoms with E-state index in [1.54, 1.807) is 6.07 Å². The molecular formula is C20H23Cl2N3OS. The van der Waals surface area contributed by atoms with E-state index in [9.17, 15) is 4.79 Å². The van der Waals surface area contributed by atoms with Crippen LogP contribution in [0, 0.1) is 0 Å². The minimum Gasteiger partial charge on any atom is -0.336 e. The number of piperazine rings is 1. The van der Waals surface area contributed by atoms with Crippen LogP contribution in [0.25, 0.3) is 0 Å². The van der Waals surface area contributed by atoms with Gasteiger partial charge in [0.2, 0.25) is 0 Å². The van der Waals surface area contributed by atoms with Gasteiger partial charge in [-0.1, -0.05) is 35.3 Å². The molecule has 7 heteroatoms. The molecule has 1 aromatic carbocycles. The Bertz CT molecular complexity index is 787. The molecule has 3 heterocycles. The summed E-state index contributed by atoms with van der Waals surface area (Å²) < 4.78 is 0. The maximum atomic E-state index is 12.7. The third kappa shape index (κ3) is 4.49. The van der Waals surface area contributed by atoms with Crippen LogP contribution in [-0.4, -0.2) is 65.9 Å². The SMILES string of the molecule is O=C(c1sccc1Cl)N1CCC(N2CCN(Cc3ccc(Cl)cc3)CC2)C1. The van der Waals surface area contributed by atoms with Crippen LogP contribution in [0.5, 0.6) is 0 Å². The van der Waals surface area contributed by atoms with Gasteiger partial charge in [-0.15, -0.1) is 11.3 Å². The maximum Gasteiger partial charge on any atom is 0.265 e. The molecule has 0 saturated carbocycles. The highest BCUT2D eigenvalue weighted by Crippen LogP contribution is 2.26. The molecule has 2 aromatic rings. The zero-order chi connectivity index (χ0) is 18.8. The number of hydrogen-bond donors (Lipinski definition) is 0. The Balaban J connectivity index is 1.27. The van der Waals surface area contributed by atoms with Gasteiger partial charge in [-0.25, -0.2) is 0 Å². The Labute approximate surface area is 174 Å². The normalized spacial score (nSPS) is 21.7. The van der Waals surface area contributed by atoms with E-state index in [-0.39, 0.29) is 5.91 Å². The van der Waals surface area contributed by atoms with Gasteiger partial charge in [0.1, 0.15) is 4.88 Å². The minimum absolute atomic E-state index is 0.0823. The Morgan fingerprint density at radius 3 is 2.44 bits per heavy atom. The van der Waals surface area contributed by atoms with Crippen molar-refractivity contribution in [3.05, 3.63) is 56.2 Å². The van der Waals surface area contributed by atoms with Crippen molar-refractivity contribution in [1.29, 1.82) is 0 Å². The van der Waals surface area contributed by atoms with Crippen molar-refractivity contribution in [2.24, 2.45) is 0 Å². The van der Waals surface area contributed by atoms with E-state index in [4.69, 9.17) is 23.2 Å². The van der Waals surface area contributed by atoms with Gasteiger partial charge in [-0.2, -0.15) is 0 Å². The summed E-state index contributed by atoms with van der Waals surface area (Å²) >= 11 is 13.5. The van der Waals surface area contributed by atoms with Crippen LogP contribution < -0.4 is 0 Å². The second-order valence-corrected chi connectivity index (χ2v) is 8.99. The summed E-state index contributed by atoms with van der Waals surface area (Å²) in [6, 6.07) is 10.4. The van der Waals surface area contributed by atoms with Gasteiger partial charge < -0.3 is 4.90 Å². The second-order valence-electron chi connectivity index (χ2n) is 7.23. The Morgan fingerprint density at radius 2 is 1.78 bits per heavy atom. The third-order valence-electron chi connectivity index (χ3n) is 5.50. The maximum absolute atomic E-state index is 12.7. The number of carbonyl (C=O) groups excluding carboxylic acids is 1. The number of benzene rings is 1. The zero-order valence-corrected chi connectivity index (χ0v) is 17.4. The molecule has 0 aliphatic carbocycles. The Hall–Kier alpha value is -1.11. The topological polar surface area (TPSA) is 26.8 Å². The lowest BCUT2D eigenvalue weighted by atomic mass is 10.1. The number of hydrogen-bond acceptors (Lipinski definition) is 4. The fraction of sp³-hybridized carbons (Fsp3) is 0.450. The van der Waals surface area contributed by atoms with E-state index in [1.165, 1.54) is 16.9 Å². The van der Waals surface area contributed by atoms with Crippen molar-refractivity contribution < 1.29 is 4.79 Å². The molecule has 1 unspecified atom stereocenters. The average Bonchev–Trinajstić information content (AvgIpc) is 3.33. The molecule has 2 fully saturated rings. The first-order valence-corrected chi connectivity index (χ1v) is 11.0. The van der Waals surface area contributed by atoms with Crippen LogP contribution in [-0.2, 0) is 6.54 Å². The van der Waals surface area contributed by atoms with Gasteiger partial charge in [0.25, 0.3) is 5.91 Å². The van der Waals surface area contributed by atoms with Crippen LogP contribution in [0.1, 0.15) is 21.7 Å². The lowest BCUT2D eigenvalue weighted by Gasteiger charge is -2.38. The van der Waals surface area contributed by atoms with Gasteiger partial charge in [0.05, 0.1) is 5.02 Å². The fourth-order valence-electron chi connectivity index (χ4n) is 3.95. The second kappa shape index (κ2) is 8.50. The summed E-state index contributed by atoms with van der Waals surface area (Å²) in [6.07, 6.45) is 1.05. The van der Waals surface area contributed by atoms with Crippen LogP contribution in [0.15, 0.2) is 35.7 Å². The predicted molar refractivity (Wildman–Crippen MR) is 112 cm³/mol. The van der Waals surface area contributed by atoms with E-state index < -0.39 is 0 Å².